The zero-order chi connectivity index (χ0) is 28.9. The predicted octanol–water partition coefficient (Wildman–Crippen LogP) is 4.47. The van der Waals surface area contributed by atoms with E-state index >= 15 is 0 Å². The number of nitrogens with one attached hydrogen (secondary N) is 1. The highest BCUT2D eigenvalue weighted by Crippen LogP contribution is 2.38. The number of hydrogen-bond donors (Lipinski definition) is 3. The third kappa shape index (κ3) is 6.68. The van der Waals surface area contributed by atoms with Crippen LogP contribution in [0.5, 0.6) is 0 Å². The lowest BCUT2D eigenvalue weighted by atomic mass is 9.82. The Balaban J connectivity index is 1.02. The number of nitrogen functional groups attached to an aromatic ring is 1. The number of nitrogens with zero attached hydrogens (tertiary/aromatic N) is 4. The normalized spacial score (nSPS) is 20.5. The second-order valence-corrected chi connectivity index (χ2v) is 11.9. The average Bonchev–Trinajstić information content (AvgIpc) is 3.02. The summed E-state index contributed by atoms with van der Waals surface area (Å²) >= 11 is 0. The Labute approximate surface area is 248 Å². The van der Waals surface area contributed by atoms with Crippen LogP contribution in [-0.2, 0) is 28.9 Å². The van der Waals surface area contributed by atoms with E-state index in [9.17, 15) is 9.90 Å². The summed E-state index contributed by atoms with van der Waals surface area (Å²) in [4.78, 5) is 25.4. The van der Waals surface area contributed by atoms with E-state index in [1.165, 1.54) is 16.7 Å². The molecule has 0 radical (unpaired) electrons. The lowest BCUT2D eigenvalue weighted by Crippen LogP contribution is -2.48. The number of aryl methyl sites for hydroxylation is 1. The summed E-state index contributed by atoms with van der Waals surface area (Å²) in [5.74, 6) is 1.00. The number of carbonyl (C=O) groups is 1. The standard InChI is InChI=1S/C33H42N6O3/c34-33-36-30-28-13-11-27(35-21-23-4-2-1-3-5-23)20-26(28)10-12-29(30)31(37-33)39-16-14-38(15-17-39)18-19-42-22-24-6-8-25(9-7-24)32(40)41/h1-5,11,13,20,24-25,35H,6-10,12,14-19,21-22H2,(H,40,41)(H2,34,36,37). The highest BCUT2D eigenvalue weighted by molar-refractivity contribution is 5.77. The molecule has 4 N–H and O–H groups in total. The minimum Gasteiger partial charge on any atom is -0.481 e. The summed E-state index contributed by atoms with van der Waals surface area (Å²) in [5, 5.41) is 12.7. The van der Waals surface area contributed by atoms with Crippen LogP contribution in [0.25, 0.3) is 11.3 Å². The van der Waals surface area contributed by atoms with Gasteiger partial charge in [0.15, 0.2) is 0 Å². The second-order valence-electron chi connectivity index (χ2n) is 11.9. The molecule has 0 amide bonds. The molecule has 0 bridgehead atoms. The molecule has 0 atom stereocenters. The zero-order valence-corrected chi connectivity index (χ0v) is 24.3. The Kier molecular flexibility index (Phi) is 8.86. The molecule has 1 aromatic heterocycles. The molecule has 1 aliphatic heterocycles. The highest BCUT2D eigenvalue weighted by atomic mass is 16.5. The van der Waals surface area contributed by atoms with Gasteiger partial charge in [0.05, 0.1) is 18.2 Å². The summed E-state index contributed by atoms with van der Waals surface area (Å²) in [6, 6.07) is 17.0. The van der Waals surface area contributed by atoms with Crippen LogP contribution in [-0.4, -0.2) is 71.9 Å². The Morgan fingerprint density at radius 2 is 1.79 bits per heavy atom. The number of aliphatic carboxylic acids is 1. The largest absolute Gasteiger partial charge is 0.481 e. The van der Waals surface area contributed by atoms with Gasteiger partial charge in [-0.3, -0.25) is 9.69 Å². The number of piperazine rings is 1. The van der Waals surface area contributed by atoms with Gasteiger partial charge in [-0.1, -0.05) is 36.4 Å². The topological polar surface area (TPSA) is 117 Å². The zero-order valence-electron chi connectivity index (χ0n) is 24.3. The van der Waals surface area contributed by atoms with Gasteiger partial charge < -0.3 is 25.8 Å². The molecule has 0 spiro atoms. The first-order chi connectivity index (χ1) is 20.5. The first-order valence-corrected chi connectivity index (χ1v) is 15.4. The number of anilines is 3. The van der Waals surface area contributed by atoms with Crippen molar-refractivity contribution in [3.63, 3.8) is 0 Å². The number of carboxylic acids is 1. The van der Waals surface area contributed by atoms with Gasteiger partial charge in [0, 0.05) is 62.7 Å². The fourth-order valence-corrected chi connectivity index (χ4v) is 6.61. The Morgan fingerprint density at radius 3 is 2.55 bits per heavy atom. The van der Waals surface area contributed by atoms with Crippen LogP contribution in [0, 0.1) is 11.8 Å². The smallest absolute Gasteiger partial charge is 0.306 e. The first kappa shape index (κ1) is 28.4. The molecule has 9 heteroatoms. The van der Waals surface area contributed by atoms with Crippen molar-refractivity contribution < 1.29 is 14.6 Å². The SMILES string of the molecule is Nc1nc2c(c(N3CCN(CCOCC4CCC(C(=O)O)CC4)CC3)n1)CCc1cc(NCc3ccccc3)ccc1-2. The summed E-state index contributed by atoms with van der Waals surface area (Å²) < 4.78 is 6.01. The summed E-state index contributed by atoms with van der Waals surface area (Å²) in [5.41, 5.74) is 13.3. The highest BCUT2D eigenvalue weighted by Gasteiger charge is 2.28. The van der Waals surface area contributed by atoms with Crippen LogP contribution in [0.15, 0.2) is 48.5 Å². The van der Waals surface area contributed by atoms with Crippen molar-refractivity contribution >= 4 is 23.4 Å². The van der Waals surface area contributed by atoms with Crippen molar-refractivity contribution in [3.8, 4) is 11.3 Å². The maximum Gasteiger partial charge on any atom is 0.306 e. The van der Waals surface area contributed by atoms with E-state index in [1.54, 1.807) is 0 Å². The monoisotopic (exact) mass is 570 g/mol. The van der Waals surface area contributed by atoms with Crippen molar-refractivity contribution in [2.45, 2.75) is 45.1 Å². The van der Waals surface area contributed by atoms with Crippen molar-refractivity contribution in [3.05, 3.63) is 65.2 Å². The number of nitrogens with two attached hydrogens (primary N) is 1. The molecule has 42 heavy (non-hydrogen) atoms. The van der Waals surface area contributed by atoms with E-state index in [4.69, 9.17) is 20.4 Å². The van der Waals surface area contributed by atoms with Crippen molar-refractivity contribution in [2.24, 2.45) is 11.8 Å². The molecule has 1 saturated heterocycles. The lowest BCUT2D eigenvalue weighted by Gasteiger charge is -2.37. The number of aromatic nitrogens is 2. The first-order valence-electron chi connectivity index (χ1n) is 15.4. The molecule has 2 aliphatic carbocycles. The van der Waals surface area contributed by atoms with Crippen molar-refractivity contribution in [1.29, 1.82) is 0 Å². The minimum absolute atomic E-state index is 0.163. The van der Waals surface area contributed by atoms with Crippen LogP contribution in [0.1, 0.15) is 42.4 Å². The molecule has 2 heterocycles. The van der Waals surface area contributed by atoms with Crippen LogP contribution in [0.2, 0.25) is 0 Å². The predicted molar refractivity (Wildman–Crippen MR) is 166 cm³/mol. The Morgan fingerprint density at radius 1 is 1.00 bits per heavy atom. The summed E-state index contributed by atoms with van der Waals surface area (Å²) in [7, 11) is 0. The fraction of sp³-hybridized carbons (Fsp3) is 0.485. The van der Waals surface area contributed by atoms with Crippen LogP contribution < -0.4 is 16.0 Å². The van der Waals surface area contributed by atoms with Crippen LogP contribution in [0.3, 0.4) is 0 Å². The molecule has 6 rings (SSSR count). The van der Waals surface area contributed by atoms with Gasteiger partial charge in [-0.15, -0.1) is 0 Å². The molecular formula is C33H42N6O3. The number of hydrogen-bond acceptors (Lipinski definition) is 8. The van der Waals surface area contributed by atoms with Gasteiger partial charge in [0.25, 0.3) is 0 Å². The molecule has 3 aliphatic rings. The maximum absolute atomic E-state index is 11.2. The molecule has 222 valence electrons. The average molecular weight is 571 g/mol. The number of fused-ring (bicyclic) bond motifs is 3. The van der Waals surface area contributed by atoms with E-state index in [-0.39, 0.29) is 5.92 Å². The van der Waals surface area contributed by atoms with Gasteiger partial charge in [0.2, 0.25) is 5.95 Å². The number of rotatable bonds is 10. The number of benzene rings is 2. The molecule has 1 saturated carbocycles. The van der Waals surface area contributed by atoms with Gasteiger partial charge in [-0.25, -0.2) is 4.98 Å². The molecule has 0 unspecified atom stereocenters. The Hall–Kier alpha value is -3.69. The van der Waals surface area contributed by atoms with Crippen LogP contribution in [0.4, 0.5) is 17.5 Å². The molecule has 2 aromatic carbocycles. The number of carboxylic acid groups (broad SMARTS) is 1. The van der Waals surface area contributed by atoms with E-state index in [1.807, 2.05) is 6.07 Å². The molecular weight excluding hydrogens is 528 g/mol. The number of ether oxygens (including phenoxy) is 1. The van der Waals surface area contributed by atoms with Crippen molar-refractivity contribution in [2.75, 3.05) is 61.9 Å². The quantitative estimate of drug-likeness (QED) is 0.304. The molecule has 3 aromatic rings. The van der Waals surface area contributed by atoms with Crippen LogP contribution >= 0.6 is 0 Å². The molecule has 2 fully saturated rings. The third-order valence-electron chi connectivity index (χ3n) is 9.12. The Bertz CT molecular complexity index is 1370. The fourth-order valence-electron chi connectivity index (χ4n) is 6.61. The van der Waals surface area contributed by atoms with E-state index in [0.29, 0.717) is 18.5 Å². The van der Waals surface area contributed by atoms with Gasteiger partial charge in [0.1, 0.15) is 5.82 Å². The maximum atomic E-state index is 11.2. The van der Waals surface area contributed by atoms with Gasteiger partial charge in [-0.05, 0) is 67.7 Å². The van der Waals surface area contributed by atoms with E-state index in [2.05, 4.69) is 57.6 Å². The van der Waals surface area contributed by atoms with E-state index in [0.717, 1.165) is 107 Å². The van der Waals surface area contributed by atoms with Crippen molar-refractivity contribution in [1.82, 2.24) is 14.9 Å². The summed E-state index contributed by atoms with van der Waals surface area (Å²) in [6.45, 7) is 6.88. The van der Waals surface area contributed by atoms with E-state index < -0.39 is 5.97 Å². The third-order valence-corrected chi connectivity index (χ3v) is 9.12. The second kappa shape index (κ2) is 13.1. The molecule has 9 nitrogen and oxygen atoms in total. The van der Waals surface area contributed by atoms with Gasteiger partial charge >= 0.3 is 5.97 Å². The minimum atomic E-state index is -0.648. The van der Waals surface area contributed by atoms with Gasteiger partial charge in [-0.2, -0.15) is 4.98 Å². The lowest BCUT2D eigenvalue weighted by molar-refractivity contribution is -0.143. The summed E-state index contributed by atoms with van der Waals surface area (Å²) in [6.07, 6.45) is 5.33.